The van der Waals surface area contributed by atoms with Gasteiger partial charge in [0, 0.05) is 18.0 Å². The van der Waals surface area contributed by atoms with Crippen molar-refractivity contribution in [3.63, 3.8) is 0 Å². The zero-order valence-corrected chi connectivity index (χ0v) is 12.1. The first-order valence-corrected chi connectivity index (χ1v) is 6.91. The van der Waals surface area contributed by atoms with Gasteiger partial charge < -0.3 is 20.1 Å². The molecule has 5 heteroatoms. The van der Waals surface area contributed by atoms with Crippen LogP contribution in [0.3, 0.4) is 0 Å². The SMILES string of the molecule is Cc1ccc(/C=C/NC(=O)Nc2ccc3c(c2)OCO3)cc1. The van der Waals surface area contributed by atoms with E-state index in [2.05, 4.69) is 10.6 Å². The molecule has 22 heavy (non-hydrogen) atoms. The van der Waals surface area contributed by atoms with Crippen LogP contribution in [0.1, 0.15) is 11.1 Å². The highest BCUT2D eigenvalue weighted by atomic mass is 16.7. The number of amides is 2. The summed E-state index contributed by atoms with van der Waals surface area (Å²) in [6.45, 7) is 2.24. The third-order valence-electron chi connectivity index (χ3n) is 3.20. The standard InChI is InChI=1S/C17H16N2O3/c1-12-2-4-13(5-3-12)8-9-18-17(20)19-14-6-7-15-16(10-14)22-11-21-15/h2-10H,11H2,1H3,(H2,18,19,20)/b9-8+. The van der Waals surface area contributed by atoms with Crippen molar-refractivity contribution < 1.29 is 14.3 Å². The fourth-order valence-electron chi connectivity index (χ4n) is 2.03. The molecule has 2 amide bonds. The molecule has 2 N–H and O–H groups in total. The Bertz CT molecular complexity index is 708. The molecule has 1 aliphatic rings. The van der Waals surface area contributed by atoms with Crippen molar-refractivity contribution >= 4 is 17.8 Å². The summed E-state index contributed by atoms with van der Waals surface area (Å²) in [5.74, 6) is 1.32. The van der Waals surface area contributed by atoms with Crippen LogP contribution in [0.4, 0.5) is 10.5 Å². The summed E-state index contributed by atoms with van der Waals surface area (Å²) in [5, 5.41) is 5.39. The molecule has 0 saturated heterocycles. The van der Waals surface area contributed by atoms with Crippen molar-refractivity contribution in [2.75, 3.05) is 12.1 Å². The maximum Gasteiger partial charge on any atom is 0.323 e. The van der Waals surface area contributed by atoms with E-state index in [1.54, 1.807) is 24.4 Å². The van der Waals surface area contributed by atoms with Gasteiger partial charge in [-0.25, -0.2) is 4.79 Å². The van der Waals surface area contributed by atoms with Gasteiger partial charge in [-0.15, -0.1) is 0 Å². The highest BCUT2D eigenvalue weighted by molar-refractivity contribution is 5.90. The van der Waals surface area contributed by atoms with Crippen LogP contribution in [0.2, 0.25) is 0 Å². The number of fused-ring (bicyclic) bond motifs is 1. The lowest BCUT2D eigenvalue weighted by atomic mass is 10.1. The molecule has 0 bridgehead atoms. The van der Waals surface area contributed by atoms with Gasteiger partial charge >= 0.3 is 6.03 Å². The van der Waals surface area contributed by atoms with E-state index in [0.717, 1.165) is 5.56 Å². The number of carbonyl (C=O) groups is 1. The molecule has 0 saturated carbocycles. The summed E-state index contributed by atoms with van der Waals surface area (Å²) >= 11 is 0. The summed E-state index contributed by atoms with van der Waals surface area (Å²) in [6, 6.07) is 13.0. The smallest absolute Gasteiger partial charge is 0.323 e. The molecule has 2 aromatic rings. The van der Waals surface area contributed by atoms with Crippen LogP contribution >= 0.6 is 0 Å². The summed E-state index contributed by atoms with van der Waals surface area (Å²) in [6.07, 6.45) is 3.44. The van der Waals surface area contributed by atoms with Crippen molar-refractivity contribution in [3.8, 4) is 11.5 Å². The first-order chi connectivity index (χ1) is 10.7. The van der Waals surface area contributed by atoms with Gasteiger partial charge in [0.1, 0.15) is 0 Å². The predicted octanol–water partition coefficient (Wildman–Crippen LogP) is 3.52. The van der Waals surface area contributed by atoms with E-state index in [1.165, 1.54) is 5.56 Å². The lowest BCUT2D eigenvalue weighted by Crippen LogP contribution is -2.23. The van der Waals surface area contributed by atoms with E-state index in [-0.39, 0.29) is 12.8 Å². The minimum absolute atomic E-state index is 0.213. The Morgan fingerprint density at radius 2 is 1.86 bits per heavy atom. The Morgan fingerprint density at radius 3 is 2.68 bits per heavy atom. The molecule has 1 aliphatic heterocycles. The Labute approximate surface area is 128 Å². The van der Waals surface area contributed by atoms with Gasteiger partial charge in [0.05, 0.1) is 0 Å². The van der Waals surface area contributed by atoms with Crippen LogP contribution in [0.5, 0.6) is 11.5 Å². The van der Waals surface area contributed by atoms with E-state index >= 15 is 0 Å². The fraction of sp³-hybridized carbons (Fsp3) is 0.118. The lowest BCUT2D eigenvalue weighted by molar-refractivity contribution is 0.174. The van der Waals surface area contributed by atoms with Gasteiger partial charge in [-0.05, 0) is 30.7 Å². The third-order valence-corrected chi connectivity index (χ3v) is 3.20. The minimum atomic E-state index is -0.317. The molecule has 0 unspecified atom stereocenters. The van der Waals surface area contributed by atoms with Gasteiger partial charge in [-0.2, -0.15) is 0 Å². The van der Waals surface area contributed by atoms with Crippen LogP contribution in [0, 0.1) is 6.92 Å². The Balaban J connectivity index is 1.55. The van der Waals surface area contributed by atoms with Gasteiger partial charge in [0.2, 0.25) is 6.79 Å². The van der Waals surface area contributed by atoms with Crippen LogP contribution in [-0.2, 0) is 0 Å². The first kappa shape index (κ1) is 14.0. The molecule has 2 aromatic carbocycles. The predicted molar refractivity (Wildman–Crippen MR) is 84.9 cm³/mol. The summed E-state index contributed by atoms with van der Waals surface area (Å²) in [7, 11) is 0. The molecule has 3 rings (SSSR count). The number of ether oxygens (including phenoxy) is 2. The van der Waals surface area contributed by atoms with Crippen LogP contribution < -0.4 is 20.1 Å². The zero-order chi connectivity index (χ0) is 15.4. The molecular weight excluding hydrogens is 280 g/mol. The maximum atomic E-state index is 11.8. The Hall–Kier alpha value is -2.95. The molecule has 112 valence electrons. The molecule has 0 atom stereocenters. The highest BCUT2D eigenvalue weighted by Crippen LogP contribution is 2.34. The normalized spacial score (nSPS) is 12.4. The number of hydrogen-bond donors (Lipinski definition) is 2. The van der Waals surface area contributed by atoms with E-state index in [9.17, 15) is 4.79 Å². The first-order valence-electron chi connectivity index (χ1n) is 6.91. The van der Waals surface area contributed by atoms with E-state index in [1.807, 2.05) is 37.3 Å². The number of hydrogen-bond acceptors (Lipinski definition) is 3. The van der Waals surface area contributed by atoms with Crippen molar-refractivity contribution in [3.05, 3.63) is 59.8 Å². The number of anilines is 1. The van der Waals surface area contributed by atoms with E-state index in [0.29, 0.717) is 17.2 Å². The average molecular weight is 296 g/mol. The highest BCUT2D eigenvalue weighted by Gasteiger charge is 2.13. The van der Waals surface area contributed by atoms with Crippen LogP contribution in [0.25, 0.3) is 6.08 Å². The second-order valence-electron chi connectivity index (χ2n) is 4.91. The summed E-state index contributed by atoms with van der Waals surface area (Å²) < 4.78 is 10.5. The van der Waals surface area contributed by atoms with Gasteiger partial charge in [-0.3, -0.25) is 0 Å². The van der Waals surface area contributed by atoms with Gasteiger partial charge in [0.25, 0.3) is 0 Å². The van der Waals surface area contributed by atoms with Crippen LogP contribution in [0.15, 0.2) is 48.7 Å². The number of nitrogens with one attached hydrogen (secondary N) is 2. The molecular formula is C17H16N2O3. The third kappa shape index (κ3) is 3.38. The maximum absolute atomic E-state index is 11.8. The second kappa shape index (κ2) is 6.22. The van der Waals surface area contributed by atoms with Crippen molar-refractivity contribution in [1.29, 1.82) is 0 Å². The van der Waals surface area contributed by atoms with Crippen LogP contribution in [-0.4, -0.2) is 12.8 Å². The van der Waals surface area contributed by atoms with Gasteiger partial charge in [-0.1, -0.05) is 29.8 Å². The molecule has 0 spiro atoms. The molecule has 1 heterocycles. The van der Waals surface area contributed by atoms with Crippen molar-refractivity contribution in [1.82, 2.24) is 5.32 Å². The quantitative estimate of drug-likeness (QED) is 0.911. The molecule has 0 aromatic heterocycles. The Kier molecular flexibility index (Phi) is 3.96. The topological polar surface area (TPSA) is 59.6 Å². The van der Waals surface area contributed by atoms with E-state index in [4.69, 9.17) is 9.47 Å². The number of urea groups is 1. The fourth-order valence-corrected chi connectivity index (χ4v) is 2.03. The largest absolute Gasteiger partial charge is 0.454 e. The zero-order valence-electron chi connectivity index (χ0n) is 12.1. The molecule has 0 aliphatic carbocycles. The number of carbonyl (C=O) groups excluding carboxylic acids is 1. The Morgan fingerprint density at radius 1 is 1.09 bits per heavy atom. The average Bonchev–Trinajstić information content (AvgIpc) is 2.97. The summed E-state index contributed by atoms with van der Waals surface area (Å²) in [5.41, 5.74) is 2.87. The molecule has 5 nitrogen and oxygen atoms in total. The second-order valence-corrected chi connectivity index (χ2v) is 4.91. The monoisotopic (exact) mass is 296 g/mol. The lowest BCUT2D eigenvalue weighted by Gasteiger charge is -2.05. The molecule has 0 fully saturated rings. The number of aryl methyl sites for hydroxylation is 1. The number of benzene rings is 2. The van der Waals surface area contributed by atoms with Crippen molar-refractivity contribution in [2.24, 2.45) is 0 Å². The van der Waals surface area contributed by atoms with Crippen molar-refractivity contribution in [2.45, 2.75) is 6.92 Å². The van der Waals surface area contributed by atoms with Gasteiger partial charge in [0.15, 0.2) is 11.5 Å². The number of rotatable bonds is 3. The van der Waals surface area contributed by atoms with E-state index < -0.39 is 0 Å². The molecule has 0 radical (unpaired) electrons. The minimum Gasteiger partial charge on any atom is -0.454 e. The summed E-state index contributed by atoms with van der Waals surface area (Å²) in [4.78, 5) is 11.8.